The third kappa shape index (κ3) is 5.35. The van der Waals surface area contributed by atoms with Gasteiger partial charge in [-0.25, -0.2) is 4.39 Å². The number of halogens is 3. The van der Waals surface area contributed by atoms with E-state index in [9.17, 15) is 14.4 Å². The average molecular weight is 484 g/mol. The molecule has 0 bridgehead atoms. The summed E-state index contributed by atoms with van der Waals surface area (Å²) in [6, 6.07) is 19.1. The van der Waals surface area contributed by atoms with Gasteiger partial charge in [-0.2, -0.15) is 5.26 Å². The summed E-state index contributed by atoms with van der Waals surface area (Å²) in [5.41, 5.74) is 3.30. The van der Waals surface area contributed by atoms with Crippen LogP contribution >= 0.6 is 27.5 Å². The van der Waals surface area contributed by atoms with Gasteiger partial charge in [-0.1, -0.05) is 57.9 Å². The summed E-state index contributed by atoms with van der Waals surface area (Å²) in [5, 5.41) is 12.8. The lowest BCUT2D eigenvalue weighted by molar-refractivity contribution is -0.112. The topological polar surface area (TPSA) is 52.9 Å². The van der Waals surface area contributed by atoms with E-state index in [0.717, 1.165) is 15.6 Å². The molecule has 3 aromatic rings. The molecular weight excluding hydrogens is 467 g/mol. The molecule has 0 aliphatic carbocycles. The minimum Gasteiger partial charge on any atom is -0.321 e. The van der Waals surface area contributed by atoms with E-state index in [0.29, 0.717) is 28.3 Å². The molecule has 3 rings (SSSR count). The Hall–Kier alpha value is -2.94. The number of nitrogens with zero attached hydrogens (tertiary/aromatic N) is 1. The van der Waals surface area contributed by atoms with Crippen LogP contribution in [-0.2, 0) is 11.2 Å². The fourth-order valence-electron chi connectivity index (χ4n) is 2.88. The van der Waals surface area contributed by atoms with Gasteiger partial charge in [0.1, 0.15) is 17.5 Å². The van der Waals surface area contributed by atoms with Crippen molar-refractivity contribution in [1.29, 1.82) is 5.26 Å². The predicted octanol–water partition coefficient (Wildman–Crippen LogP) is 6.69. The van der Waals surface area contributed by atoms with E-state index in [1.54, 1.807) is 42.5 Å². The van der Waals surface area contributed by atoms with Gasteiger partial charge in [-0.05, 0) is 65.6 Å². The number of carbonyl (C=O) groups is 1. The number of hydrogen-bond donors (Lipinski definition) is 1. The largest absolute Gasteiger partial charge is 0.321 e. The first-order valence-corrected chi connectivity index (χ1v) is 10.3. The van der Waals surface area contributed by atoms with Crippen LogP contribution in [0.15, 0.2) is 70.7 Å². The Morgan fingerprint density at radius 3 is 2.63 bits per heavy atom. The number of hydrogen-bond acceptors (Lipinski definition) is 2. The van der Waals surface area contributed by atoms with Crippen molar-refractivity contribution in [1.82, 2.24) is 0 Å². The molecule has 0 fully saturated rings. The molecule has 0 atom stereocenters. The summed E-state index contributed by atoms with van der Waals surface area (Å²) in [6.45, 7) is 1.86. The van der Waals surface area contributed by atoms with E-state index < -0.39 is 5.91 Å². The minimum atomic E-state index is -0.547. The summed E-state index contributed by atoms with van der Waals surface area (Å²) >= 11 is 9.51. The molecule has 0 radical (unpaired) electrons. The number of amides is 1. The summed E-state index contributed by atoms with van der Waals surface area (Å²) in [4.78, 5) is 12.6. The molecule has 150 valence electrons. The second-order valence-electron chi connectivity index (χ2n) is 6.70. The number of nitrogens with one attached hydrogen (secondary N) is 1. The van der Waals surface area contributed by atoms with Crippen LogP contribution in [0.2, 0.25) is 5.02 Å². The maximum atomic E-state index is 14.1. The van der Waals surface area contributed by atoms with Crippen LogP contribution in [0.25, 0.3) is 6.08 Å². The van der Waals surface area contributed by atoms with Crippen molar-refractivity contribution in [2.75, 3.05) is 5.32 Å². The van der Waals surface area contributed by atoms with Crippen molar-refractivity contribution in [3.63, 3.8) is 0 Å². The first-order chi connectivity index (χ1) is 14.4. The maximum absolute atomic E-state index is 14.1. The lowest BCUT2D eigenvalue weighted by Crippen LogP contribution is -2.13. The minimum absolute atomic E-state index is 0.0698. The number of aryl methyl sites for hydroxylation is 1. The zero-order valence-electron chi connectivity index (χ0n) is 16.0. The van der Waals surface area contributed by atoms with Gasteiger partial charge >= 0.3 is 0 Å². The number of anilines is 1. The molecule has 3 aromatic carbocycles. The Morgan fingerprint density at radius 1 is 1.17 bits per heavy atom. The van der Waals surface area contributed by atoms with E-state index >= 15 is 0 Å². The SMILES string of the molecule is Cc1ccc(NC(=O)/C(C#N)=C/c2cc(Br)ccc2Cc2ccccc2F)cc1Cl. The molecule has 1 N–H and O–H groups in total. The quantitative estimate of drug-likeness (QED) is 0.325. The average Bonchev–Trinajstić information content (AvgIpc) is 2.72. The van der Waals surface area contributed by atoms with Crippen LogP contribution in [0, 0.1) is 24.1 Å². The van der Waals surface area contributed by atoms with Gasteiger partial charge in [-0.3, -0.25) is 4.79 Å². The van der Waals surface area contributed by atoms with Gasteiger partial charge in [0, 0.05) is 21.6 Å². The molecule has 0 spiro atoms. The van der Waals surface area contributed by atoms with E-state index in [1.807, 2.05) is 25.1 Å². The van der Waals surface area contributed by atoms with E-state index in [1.165, 1.54) is 12.1 Å². The molecular formula is C24H17BrClFN2O. The third-order valence-electron chi connectivity index (χ3n) is 4.54. The Kier molecular flexibility index (Phi) is 7.04. The van der Waals surface area contributed by atoms with Gasteiger partial charge < -0.3 is 5.32 Å². The molecule has 0 aliphatic heterocycles. The van der Waals surface area contributed by atoms with Gasteiger partial charge in [0.05, 0.1) is 0 Å². The summed E-state index contributed by atoms with van der Waals surface area (Å²) < 4.78 is 14.9. The Bertz CT molecular complexity index is 1180. The summed E-state index contributed by atoms with van der Waals surface area (Å²) in [7, 11) is 0. The number of benzene rings is 3. The van der Waals surface area contributed by atoms with Crippen molar-refractivity contribution in [3.8, 4) is 6.07 Å². The number of rotatable bonds is 5. The van der Waals surface area contributed by atoms with Crippen LogP contribution in [0.3, 0.4) is 0 Å². The second-order valence-corrected chi connectivity index (χ2v) is 8.02. The fraction of sp³-hybridized carbons (Fsp3) is 0.0833. The normalized spacial score (nSPS) is 11.1. The highest BCUT2D eigenvalue weighted by Crippen LogP contribution is 2.24. The molecule has 6 heteroatoms. The van der Waals surface area contributed by atoms with Gasteiger partial charge in [-0.15, -0.1) is 0 Å². The monoisotopic (exact) mass is 482 g/mol. The Labute approximate surface area is 187 Å². The molecule has 3 nitrogen and oxygen atoms in total. The van der Waals surface area contributed by atoms with Crippen molar-refractivity contribution in [3.05, 3.63) is 104 Å². The van der Waals surface area contributed by atoms with Crippen LogP contribution < -0.4 is 5.32 Å². The number of nitriles is 1. The van der Waals surface area contributed by atoms with Crippen LogP contribution in [0.1, 0.15) is 22.3 Å². The van der Waals surface area contributed by atoms with Crippen LogP contribution in [0.4, 0.5) is 10.1 Å². The smallest absolute Gasteiger partial charge is 0.266 e. The molecule has 0 heterocycles. The highest BCUT2D eigenvalue weighted by atomic mass is 79.9. The van der Waals surface area contributed by atoms with E-state index in [4.69, 9.17) is 11.6 Å². The molecule has 30 heavy (non-hydrogen) atoms. The lowest BCUT2D eigenvalue weighted by atomic mass is 9.98. The first-order valence-electron chi connectivity index (χ1n) is 9.08. The maximum Gasteiger partial charge on any atom is 0.266 e. The van der Waals surface area contributed by atoms with Gasteiger partial charge in [0.2, 0.25) is 0 Å². The van der Waals surface area contributed by atoms with Crippen LogP contribution in [-0.4, -0.2) is 5.91 Å². The van der Waals surface area contributed by atoms with Crippen LogP contribution in [0.5, 0.6) is 0 Å². The zero-order chi connectivity index (χ0) is 21.7. The van der Waals surface area contributed by atoms with Crippen molar-refractivity contribution >= 4 is 45.2 Å². The Balaban J connectivity index is 1.92. The molecule has 0 saturated heterocycles. The van der Waals surface area contributed by atoms with Crippen molar-refractivity contribution in [2.45, 2.75) is 13.3 Å². The Morgan fingerprint density at radius 2 is 1.93 bits per heavy atom. The first kappa shape index (κ1) is 21.8. The van der Waals surface area contributed by atoms with Crippen molar-refractivity contribution in [2.24, 2.45) is 0 Å². The van der Waals surface area contributed by atoms with Gasteiger partial charge in [0.15, 0.2) is 0 Å². The van der Waals surface area contributed by atoms with E-state index in [-0.39, 0.29) is 11.4 Å². The fourth-order valence-corrected chi connectivity index (χ4v) is 3.44. The lowest BCUT2D eigenvalue weighted by Gasteiger charge is -2.10. The number of carbonyl (C=O) groups excluding carboxylic acids is 1. The molecule has 1 amide bonds. The molecule has 0 unspecified atom stereocenters. The van der Waals surface area contributed by atoms with Crippen molar-refractivity contribution < 1.29 is 9.18 Å². The zero-order valence-corrected chi connectivity index (χ0v) is 18.4. The second kappa shape index (κ2) is 9.71. The van der Waals surface area contributed by atoms with Gasteiger partial charge in [0.25, 0.3) is 5.91 Å². The summed E-state index contributed by atoms with van der Waals surface area (Å²) in [5.74, 6) is -0.848. The third-order valence-corrected chi connectivity index (χ3v) is 5.44. The highest BCUT2D eigenvalue weighted by molar-refractivity contribution is 9.10. The summed E-state index contributed by atoms with van der Waals surface area (Å²) in [6.07, 6.45) is 1.84. The molecule has 0 aliphatic rings. The molecule has 0 saturated carbocycles. The van der Waals surface area contributed by atoms with E-state index in [2.05, 4.69) is 21.2 Å². The standard InChI is InChI=1S/C24H17BrClFN2O/c1-15-6-9-21(13-22(15)26)29-24(30)19(14-28)11-18-12-20(25)8-7-16(18)10-17-4-2-3-5-23(17)27/h2-9,11-13H,10H2,1H3,(H,29,30)/b19-11+. The molecule has 0 aromatic heterocycles. The predicted molar refractivity (Wildman–Crippen MR) is 122 cm³/mol. The highest BCUT2D eigenvalue weighted by Gasteiger charge is 2.13.